The second-order valence-electron chi connectivity index (χ2n) is 10.5. The van der Waals surface area contributed by atoms with E-state index in [-0.39, 0.29) is 51.0 Å². The van der Waals surface area contributed by atoms with Crippen LogP contribution in [0.5, 0.6) is 0 Å². The first-order valence-electron chi connectivity index (χ1n) is 11.0. The van der Waals surface area contributed by atoms with Gasteiger partial charge in [0.15, 0.2) is 0 Å². The van der Waals surface area contributed by atoms with Crippen LogP contribution in [0.25, 0.3) is 0 Å². The Morgan fingerprint density at radius 1 is 0.733 bits per heavy atom. The molecule has 0 aromatic carbocycles. The molecule has 0 N–H and O–H groups in total. The summed E-state index contributed by atoms with van der Waals surface area (Å²) in [5.41, 5.74) is 6.19. The molecule has 4 heteroatoms. The molecule has 0 saturated carbocycles. The second-order valence-corrected chi connectivity index (χ2v) is 12.7. The van der Waals surface area contributed by atoms with Crippen molar-refractivity contribution in [3.63, 3.8) is 0 Å². The first-order chi connectivity index (χ1) is 12.3. The Balaban J connectivity index is -0.000000367. The smallest absolute Gasteiger partial charge is 1.00 e. The number of halogens is 2. The predicted octanol–water partition coefficient (Wildman–Crippen LogP) is 1.51. The van der Waals surface area contributed by atoms with Crippen LogP contribution in [0.1, 0.15) is 82.1 Å². The molecule has 1 heterocycles. The fourth-order valence-corrected chi connectivity index (χ4v) is 5.95. The van der Waals surface area contributed by atoms with E-state index < -0.39 is 0 Å². The summed E-state index contributed by atoms with van der Waals surface area (Å²) in [6, 6.07) is 3.28. The fraction of sp³-hybridized carbons (Fsp3) is 0.692. The maximum absolute atomic E-state index is 3.40. The van der Waals surface area contributed by atoms with E-state index in [0.717, 1.165) is 0 Å². The van der Waals surface area contributed by atoms with E-state index in [2.05, 4.69) is 93.5 Å². The first kappa shape index (κ1) is 35.2. The van der Waals surface area contributed by atoms with Gasteiger partial charge in [-0.15, -0.1) is 0 Å². The third-order valence-corrected chi connectivity index (χ3v) is 7.40. The third-order valence-electron chi connectivity index (χ3n) is 5.40. The SMILES string of the molecule is C1CC[SiH2]C1.CC1=[C-]C(C)C=C1C(C)(C)C.CC1=[C-]C(C)C=C1C(C)(C)C.[Cl-].[Cl-].[Zr+4]. The maximum atomic E-state index is 3.40. The number of rotatable bonds is 0. The molecule has 1 aliphatic heterocycles. The van der Waals surface area contributed by atoms with Crippen molar-refractivity contribution >= 4 is 9.52 Å². The van der Waals surface area contributed by atoms with Crippen molar-refractivity contribution in [2.45, 2.75) is 94.2 Å². The summed E-state index contributed by atoms with van der Waals surface area (Å²) in [4.78, 5) is 0. The second kappa shape index (κ2) is 15.5. The summed E-state index contributed by atoms with van der Waals surface area (Å²) < 4.78 is 0. The van der Waals surface area contributed by atoms with Gasteiger partial charge in [0, 0.05) is 9.52 Å². The van der Waals surface area contributed by atoms with Crippen molar-refractivity contribution in [1.82, 2.24) is 0 Å². The maximum Gasteiger partial charge on any atom is 4.00 e. The van der Waals surface area contributed by atoms with Crippen molar-refractivity contribution in [3.8, 4) is 0 Å². The van der Waals surface area contributed by atoms with Gasteiger partial charge in [-0.2, -0.15) is 23.3 Å². The molecule has 2 unspecified atom stereocenters. The van der Waals surface area contributed by atoms with Gasteiger partial charge >= 0.3 is 26.2 Å². The summed E-state index contributed by atoms with van der Waals surface area (Å²) in [6.07, 6.45) is 14.5. The van der Waals surface area contributed by atoms with E-state index in [9.17, 15) is 0 Å². The number of hydrogen-bond donors (Lipinski definition) is 0. The molecule has 3 rings (SSSR count). The molecule has 0 amide bonds. The van der Waals surface area contributed by atoms with Crippen LogP contribution >= 0.6 is 0 Å². The van der Waals surface area contributed by atoms with Crippen LogP contribution in [0.3, 0.4) is 0 Å². The topological polar surface area (TPSA) is 0 Å². The molecule has 0 spiro atoms. The van der Waals surface area contributed by atoms with Crippen molar-refractivity contribution in [2.24, 2.45) is 22.7 Å². The molecule has 30 heavy (non-hydrogen) atoms. The van der Waals surface area contributed by atoms with Crippen LogP contribution in [0.4, 0.5) is 0 Å². The van der Waals surface area contributed by atoms with Crippen LogP contribution in [0, 0.1) is 34.8 Å². The molecular weight excluding hydrogens is 503 g/mol. The van der Waals surface area contributed by atoms with Gasteiger partial charge in [0.25, 0.3) is 0 Å². The first-order valence-corrected chi connectivity index (χ1v) is 13.0. The van der Waals surface area contributed by atoms with Crippen LogP contribution in [0.15, 0.2) is 34.4 Å². The van der Waals surface area contributed by atoms with Crippen molar-refractivity contribution in [3.05, 3.63) is 46.6 Å². The van der Waals surface area contributed by atoms with Gasteiger partial charge in [-0.1, -0.05) is 117 Å². The van der Waals surface area contributed by atoms with E-state index in [1.54, 1.807) is 24.9 Å². The Labute approximate surface area is 222 Å². The normalized spacial score (nSPS) is 22.3. The van der Waals surface area contributed by atoms with Crippen molar-refractivity contribution in [1.29, 1.82) is 0 Å². The zero-order chi connectivity index (χ0) is 20.8. The van der Waals surface area contributed by atoms with Gasteiger partial charge in [0.2, 0.25) is 0 Å². The average Bonchev–Trinajstić information content (AvgIpc) is 3.21. The van der Waals surface area contributed by atoms with Crippen molar-refractivity contribution in [2.75, 3.05) is 0 Å². The van der Waals surface area contributed by atoms with Gasteiger partial charge in [0.05, 0.1) is 0 Å². The Hall–Kier alpha value is 0.640. The van der Waals surface area contributed by atoms with Crippen molar-refractivity contribution < 1.29 is 51.0 Å². The molecule has 170 valence electrons. The summed E-state index contributed by atoms with van der Waals surface area (Å²) in [7, 11) is 0.543. The molecule has 0 aromatic rings. The van der Waals surface area contributed by atoms with Gasteiger partial charge in [-0.25, -0.2) is 11.1 Å². The standard InChI is InChI=1S/2C11H17.C4H10Si.2ClH.Zr/c2*1-8-6-9(2)10(7-8)11(3,4)5;1-2-4-5-3-1;;;/h2*7-8H,1-5H3;1-5H2;2*1H;/q2*-1;;;;+4/p-2. The monoisotopic (exact) mass is 544 g/mol. The summed E-state index contributed by atoms with van der Waals surface area (Å²) in [6.45, 7) is 22.2. The Morgan fingerprint density at radius 3 is 1.13 bits per heavy atom. The molecule has 3 aliphatic rings. The largest absolute Gasteiger partial charge is 4.00 e. The molecule has 1 saturated heterocycles. The van der Waals surface area contributed by atoms with E-state index in [0.29, 0.717) is 32.2 Å². The van der Waals surface area contributed by atoms with Crippen LogP contribution < -0.4 is 24.8 Å². The van der Waals surface area contributed by atoms with E-state index in [1.807, 2.05) is 0 Å². The molecule has 0 radical (unpaired) electrons. The Morgan fingerprint density at radius 2 is 1.03 bits per heavy atom. The number of hydrogen-bond acceptors (Lipinski definition) is 0. The minimum absolute atomic E-state index is 0. The summed E-state index contributed by atoms with van der Waals surface area (Å²) in [5.74, 6) is 1.04. The van der Waals surface area contributed by atoms with Crippen LogP contribution in [-0.2, 0) is 26.2 Å². The summed E-state index contributed by atoms with van der Waals surface area (Å²) >= 11 is 0. The predicted molar refractivity (Wildman–Crippen MR) is 126 cm³/mol. The van der Waals surface area contributed by atoms with Crippen LogP contribution in [-0.4, -0.2) is 9.52 Å². The zero-order valence-corrected chi connectivity index (χ0v) is 26.5. The molecular formula is C26H44Cl2SiZr. The van der Waals surface area contributed by atoms with Gasteiger partial charge in [0.1, 0.15) is 0 Å². The molecule has 2 atom stereocenters. The van der Waals surface area contributed by atoms with E-state index >= 15 is 0 Å². The quantitative estimate of drug-likeness (QED) is 0.319. The Kier molecular flexibility index (Phi) is 18.2. The Bertz CT molecular complexity index is 554. The van der Waals surface area contributed by atoms with E-state index in [4.69, 9.17) is 0 Å². The van der Waals surface area contributed by atoms with E-state index in [1.165, 1.54) is 22.3 Å². The minimum Gasteiger partial charge on any atom is -1.00 e. The van der Waals surface area contributed by atoms with Crippen LogP contribution in [0.2, 0.25) is 12.1 Å². The zero-order valence-electron chi connectivity index (χ0n) is 21.1. The summed E-state index contributed by atoms with van der Waals surface area (Å²) in [5, 5.41) is 0. The number of allylic oxidation sites excluding steroid dienone is 8. The minimum atomic E-state index is 0. The molecule has 1 fully saturated rings. The molecule has 0 bridgehead atoms. The van der Waals surface area contributed by atoms with Gasteiger partial charge in [-0.05, 0) is 0 Å². The fourth-order valence-electron chi connectivity index (χ4n) is 4.18. The third kappa shape index (κ3) is 12.6. The average molecular weight is 547 g/mol. The molecule has 0 nitrogen and oxygen atoms in total. The molecule has 0 aromatic heterocycles. The van der Waals surface area contributed by atoms with Gasteiger partial charge in [-0.3, -0.25) is 12.2 Å². The van der Waals surface area contributed by atoms with Gasteiger partial charge < -0.3 is 24.8 Å². The molecule has 2 aliphatic carbocycles.